The minimum atomic E-state index is -1.15. The highest BCUT2D eigenvalue weighted by atomic mass is 16.5. The van der Waals surface area contributed by atoms with E-state index in [1.807, 2.05) is 0 Å². The van der Waals surface area contributed by atoms with Crippen molar-refractivity contribution < 1.29 is 29.3 Å². The summed E-state index contributed by atoms with van der Waals surface area (Å²) in [5.41, 5.74) is 0.687. The Hall–Kier alpha value is -1.73. The van der Waals surface area contributed by atoms with Crippen LogP contribution in [-0.4, -0.2) is 53.2 Å². The number of aliphatic hydroxyl groups is 1. The number of ketones is 1. The number of hydrogen-bond acceptors (Lipinski definition) is 6. The molecule has 7 heteroatoms. The number of carbonyl (C=O) groups excluding carboxylic acids is 2. The van der Waals surface area contributed by atoms with Crippen LogP contribution in [0.3, 0.4) is 0 Å². The summed E-state index contributed by atoms with van der Waals surface area (Å²) >= 11 is 0. The van der Waals surface area contributed by atoms with Crippen LogP contribution in [0.2, 0.25) is 0 Å². The summed E-state index contributed by atoms with van der Waals surface area (Å²) in [4.78, 5) is 38.6. The number of aliphatic hydroxyl groups excluding tert-OH is 1. The van der Waals surface area contributed by atoms with Crippen molar-refractivity contribution in [3.63, 3.8) is 0 Å². The Morgan fingerprint density at radius 1 is 0.896 bits per heavy atom. The first-order valence-corrected chi connectivity index (χ1v) is 19.2. The number of Topliss-reactive ketones (excluding diaryl/α,β-unsaturated/α-hetero) is 1. The molecule has 7 nitrogen and oxygen atoms in total. The molecule has 4 fully saturated rings. The fourth-order valence-electron chi connectivity index (χ4n) is 12.6. The van der Waals surface area contributed by atoms with E-state index in [2.05, 4.69) is 67.6 Å². The topological polar surface area (TPSA) is 113 Å². The zero-order chi connectivity index (χ0) is 35.8. The van der Waals surface area contributed by atoms with E-state index >= 15 is 0 Å². The summed E-state index contributed by atoms with van der Waals surface area (Å²) < 4.78 is 6.15. The molecule has 4 saturated carbocycles. The fraction of sp³-hybridized carbons (Fsp3) is 0.878. The molecule has 0 heterocycles. The van der Waals surface area contributed by atoms with E-state index in [0.29, 0.717) is 36.6 Å². The third-order valence-corrected chi connectivity index (χ3v) is 15.4. The van der Waals surface area contributed by atoms with Crippen LogP contribution in [0, 0.1) is 62.1 Å². The number of carboxylic acids is 1. The van der Waals surface area contributed by atoms with E-state index in [1.54, 1.807) is 13.8 Å². The largest absolute Gasteiger partial charge is 0.481 e. The molecular weight excluding hydrogens is 602 g/mol. The number of rotatable bonds is 10. The third-order valence-electron chi connectivity index (χ3n) is 15.4. The van der Waals surface area contributed by atoms with Crippen LogP contribution in [0.15, 0.2) is 11.1 Å². The van der Waals surface area contributed by atoms with Crippen molar-refractivity contribution in [3.05, 3.63) is 11.1 Å². The SMILES string of the molecule is CC(C)CNC[C@H](O)[C@@]12CC[C@]3(C)[C@H](CC[C@@H]4[C@@]5(C)CC[C@H](OC(=O)CC(C)(C)C(=O)O)C(C)(C)[C@@H]5CC[C@]43C)C1=C(C(C)C)C(=O)C2. The highest BCUT2D eigenvalue weighted by Crippen LogP contribution is 2.77. The molecule has 48 heavy (non-hydrogen) atoms. The molecule has 0 bridgehead atoms. The van der Waals surface area contributed by atoms with Gasteiger partial charge in [-0.3, -0.25) is 14.4 Å². The molecule has 0 aromatic rings. The standard InChI is InChI=1S/C41H67NO6/c1-24(2)22-42-23-30(44)41-19-18-39(10)26(34(41)33(25(3)4)27(43)20-41)12-13-29-38(9)16-15-31(48-32(45)21-36(5,6)35(46)47)37(7,8)28(38)14-17-40(29,39)11/h24-26,28-31,42,44H,12-23H2,1-11H3,(H,46,47)/t26-,28+,29-,30+,31+,38+,39-,40-,41+/m1/s1. The number of allylic oxidation sites excluding steroid dienone is 1. The summed E-state index contributed by atoms with van der Waals surface area (Å²) in [5, 5.41) is 25.0. The third kappa shape index (κ3) is 5.64. The van der Waals surface area contributed by atoms with Crippen LogP contribution >= 0.6 is 0 Å². The Morgan fingerprint density at radius 3 is 2.17 bits per heavy atom. The quantitative estimate of drug-likeness (QED) is 0.202. The van der Waals surface area contributed by atoms with Gasteiger partial charge in [0.2, 0.25) is 0 Å². The van der Waals surface area contributed by atoms with Crippen LogP contribution in [0.1, 0.15) is 140 Å². The van der Waals surface area contributed by atoms with Crippen molar-refractivity contribution in [2.75, 3.05) is 13.1 Å². The van der Waals surface area contributed by atoms with E-state index in [4.69, 9.17) is 4.74 Å². The highest BCUT2D eigenvalue weighted by Gasteiger charge is 2.70. The van der Waals surface area contributed by atoms with Gasteiger partial charge < -0.3 is 20.3 Å². The Balaban J connectivity index is 1.44. The molecule has 0 aliphatic heterocycles. The Morgan fingerprint density at radius 2 is 1.56 bits per heavy atom. The maximum Gasteiger partial charge on any atom is 0.309 e. The van der Waals surface area contributed by atoms with Gasteiger partial charge in [0.15, 0.2) is 5.78 Å². The lowest BCUT2D eigenvalue weighted by atomic mass is 9.33. The summed E-state index contributed by atoms with van der Waals surface area (Å²) in [6.45, 7) is 25.4. The number of nitrogens with one attached hydrogen (secondary N) is 1. The number of hydrogen-bond donors (Lipinski definition) is 3. The van der Waals surface area contributed by atoms with E-state index in [9.17, 15) is 24.6 Å². The number of fused-ring (bicyclic) bond motifs is 7. The highest BCUT2D eigenvalue weighted by molar-refractivity contribution is 6.00. The van der Waals surface area contributed by atoms with Gasteiger partial charge in [-0.25, -0.2) is 0 Å². The van der Waals surface area contributed by atoms with Gasteiger partial charge in [0, 0.05) is 23.8 Å². The molecule has 0 unspecified atom stereocenters. The second-order valence-corrected chi connectivity index (χ2v) is 19.6. The fourth-order valence-corrected chi connectivity index (χ4v) is 12.6. The first kappa shape index (κ1) is 37.5. The monoisotopic (exact) mass is 669 g/mol. The van der Waals surface area contributed by atoms with Crippen molar-refractivity contribution in [2.45, 2.75) is 153 Å². The Labute approximate surface area is 290 Å². The summed E-state index contributed by atoms with van der Waals surface area (Å²) in [6.07, 6.45) is 7.52. The molecule has 0 radical (unpaired) electrons. The molecule has 9 atom stereocenters. The molecule has 5 aliphatic carbocycles. The molecule has 5 aliphatic rings. The molecule has 0 saturated heterocycles. The summed E-state index contributed by atoms with van der Waals surface area (Å²) in [7, 11) is 0. The van der Waals surface area contributed by atoms with Crippen LogP contribution in [0.4, 0.5) is 0 Å². The molecule has 0 aromatic carbocycles. The molecule has 3 N–H and O–H groups in total. The van der Waals surface area contributed by atoms with Gasteiger partial charge in [0.1, 0.15) is 6.10 Å². The number of esters is 1. The van der Waals surface area contributed by atoms with E-state index < -0.39 is 28.9 Å². The lowest BCUT2D eigenvalue weighted by Crippen LogP contribution is -2.66. The second-order valence-electron chi connectivity index (χ2n) is 19.6. The first-order valence-electron chi connectivity index (χ1n) is 19.2. The lowest BCUT2D eigenvalue weighted by molar-refractivity contribution is -0.235. The maximum absolute atomic E-state index is 13.9. The average Bonchev–Trinajstić information content (AvgIpc) is 3.27. The zero-order valence-corrected chi connectivity index (χ0v) is 32.1. The van der Waals surface area contributed by atoms with E-state index in [-0.39, 0.29) is 45.9 Å². The van der Waals surface area contributed by atoms with Gasteiger partial charge in [-0.1, -0.05) is 67.9 Å². The molecule has 0 amide bonds. The molecule has 272 valence electrons. The number of carbonyl (C=O) groups is 3. The van der Waals surface area contributed by atoms with Crippen molar-refractivity contribution in [1.82, 2.24) is 5.32 Å². The van der Waals surface area contributed by atoms with Gasteiger partial charge in [-0.15, -0.1) is 0 Å². The average molecular weight is 670 g/mol. The van der Waals surface area contributed by atoms with Gasteiger partial charge in [-0.2, -0.15) is 0 Å². The zero-order valence-electron chi connectivity index (χ0n) is 32.1. The molecule has 0 aromatic heterocycles. The smallest absolute Gasteiger partial charge is 0.309 e. The van der Waals surface area contributed by atoms with Crippen molar-refractivity contribution in [2.24, 2.45) is 62.1 Å². The predicted molar refractivity (Wildman–Crippen MR) is 189 cm³/mol. The minimum absolute atomic E-state index is 0.0223. The van der Waals surface area contributed by atoms with Crippen molar-refractivity contribution in [3.8, 4) is 0 Å². The van der Waals surface area contributed by atoms with Gasteiger partial charge >= 0.3 is 11.9 Å². The number of ether oxygens (including phenoxy) is 1. The van der Waals surface area contributed by atoms with Crippen LogP contribution in [0.5, 0.6) is 0 Å². The normalized spacial score (nSPS) is 39.8. The van der Waals surface area contributed by atoms with Crippen LogP contribution in [0.25, 0.3) is 0 Å². The van der Waals surface area contributed by atoms with Crippen molar-refractivity contribution in [1.29, 1.82) is 0 Å². The number of carboxylic acid groups (broad SMARTS) is 1. The minimum Gasteiger partial charge on any atom is -0.481 e. The van der Waals surface area contributed by atoms with Gasteiger partial charge in [0.25, 0.3) is 0 Å². The molecule has 0 spiro atoms. The van der Waals surface area contributed by atoms with Gasteiger partial charge in [-0.05, 0) is 123 Å². The van der Waals surface area contributed by atoms with Gasteiger partial charge in [0.05, 0.1) is 17.9 Å². The van der Waals surface area contributed by atoms with Crippen LogP contribution in [-0.2, 0) is 19.1 Å². The number of aliphatic carboxylic acids is 1. The summed E-state index contributed by atoms with van der Waals surface area (Å²) in [6, 6.07) is 0. The Kier molecular flexibility index (Phi) is 9.77. The first-order chi connectivity index (χ1) is 22.1. The van der Waals surface area contributed by atoms with E-state index in [0.717, 1.165) is 63.5 Å². The van der Waals surface area contributed by atoms with Crippen LogP contribution < -0.4 is 5.32 Å². The second kappa shape index (κ2) is 12.5. The Bertz CT molecular complexity index is 1330. The predicted octanol–water partition coefficient (Wildman–Crippen LogP) is 7.99. The van der Waals surface area contributed by atoms with E-state index in [1.165, 1.54) is 5.57 Å². The lowest BCUT2D eigenvalue weighted by Gasteiger charge is -2.72. The molecule has 5 rings (SSSR count). The summed E-state index contributed by atoms with van der Waals surface area (Å²) in [5.74, 6) is 0.696. The maximum atomic E-state index is 13.9. The molecular formula is C41H67NO6. The van der Waals surface area contributed by atoms with Crippen molar-refractivity contribution >= 4 is 17.7 Å².